The van der Waals surface area contributed by atoms with Crippen molar-refractivity contribution in [3.63, 3.8) is 0 Å². The predicted octanol–water partition coefficient (Wildman–Crippen LogP) is 4.94. The lowest BCUT2D eigenvalue weighted by Crippen LogP contribution is -2.55. The van der Waals surface area contributed by atoms with E-state index in [1.54, 1.807) is 0 Å². The molecule has 0 bridgehead atoms. The van der Waals surface area contributed by atoms with Gasteiger partial charge >= 0.3 is 0 Å². The fourth-order valence-electron chi connectivity index (χ4n) is 6.21. The molecular weight excluding hydrogens is 512 g/mol. The molecule has 2 amide bonds. The first-order valence-electron chi connectivity index (χ1n) is 14.4. The Bertz CT molecular complexity index is 1200. The van der Waals surface area contributed by atoms with E-state index < -0.39 is 29.2 Å². The van der Waals surface area contributed by atoms with Crippen molar-refractivity contribution in [1.29, 1.82) is 0 Å². The van der Waals surface area contributed by atoms with Crippen LogP contribution in [0.5, 0.6) is 0 Å². The van der Waals surface area contributed by atoms with E-state index in [9.17, 15) is 23.5 Å². The highest BCUT2D eigenvalue weighted by Gasteiger charge is 2.60. The minimum absolute atomic E-state index is 0.00156. The van der Waals surface area contributed by atoms with Crippen LogP contribution in [-0.2, 0) is 20.5 Å². The first-order chi connectivity index (χ1) is 18.8. The Labute approximate surface area is 236 Å². The highest BCUT2D eigenvalue weighted by Crippen LogP contribution is 2.54. The number of carbonyl (C=O) groups is 2. The first kappa shape index (κ1) is 30.1. The van der Waals surface area contributed by atoms with Gasteiger partial charge in [-0.05, 0) is 53.5 Å². The summed E-state index contributed by atoms with van der Waals surface area (Å²) in [5.41, 5.74) is 1.47. The van der Waals surface area contributed by atoms with Crippen LogP contribution >= 0.6 is 0 Å². The number of carbonyl (C=O) groups excluding carboxylic acids is 2. The SMILES string of the molecule is CC(=O)NCCC(=O)NC1([C@H](O)CNC2(c3cccc(C(C)(C)C)c3)CCCCC2)C[C@@H]1c1cc(F)cc(F)c1. The molecule has 0 radical (unpaired) electrons. The summed E-state index contributed by atoms with van der Waals surface area (Å²) in [4.78, 5) is 24.1. The largest absolute Gasteiger partial charge is 0.389 e. The Morgan fingerprint density at radius 3 is 2.35 bits per heavy atom. The van der Waals surface area contributed by atoms with E-state index in [-0.39, 0.29) is 42.3 Å². The number of benzene rings is 2. The smallest absolute Gasteiger partial charge is 0.222 e. The predicted molar refractivity (Wildman–Crippen MR) is 152 cm³/mol. The zero-order chi connectivity index (χ0) is 29.1. The second-order valence-corrected chi connectivity index (χ2v) is 12.7. The second kappa shape index (κ2) is 12.0. The number of amides is 2. The van der Waals surface area contributed by atoms with Gasteiger partial charge < -0.3 is 21.1 Å². The molecule has 218 valence electrons. The zero-order valence-electron chi connectivity index (χ0n) is 24.1. The van der Waals surface area contributed by atoms with Crippen LogP contribution in [0.1, 0.15) is 95.2 Å². The summed E-state index contributed by atoms with van der Waals surface area (Å²) in [5, 5.41) is 20.9. The van der Waals surface area contributed by atoms with Crippen molar-refractivity contribution >= 4 is 11.8 Å². The van der Waals surface area contributed by atoms with Crippen molar-refractivity contribution < 1.29 is 23.5 Å². The Morgan fingerprint density at radius 2 is 1.73 bits per heavy atom. The van der Waals surface area contributed by atoms with E-state index in [0.29, 0.717) is 12.0 Å². The fourth-order valence-corrected chi connectivity index (χ4v) is 6.21. The molecule has 2 aliphatic carbocycles. The van der Waals surface area contributed by atoms with Crippen molar-refractivity contribution in [2.75, 3.05) is 13.1 Å². The quantitative estimate of drug-likeness (QED) is 0.334. The van der Waals surface area contributed by atoms with E-state index in [1.165, 1.54) is 30.2 Å². The average Bonchev–Trinajstić information content (AvgIpc) is 3.62. The van der Waals surface area contributed by atoms with Crippen molar-refractivity contribution in [1.82, 2.24) is 16.0 Å². The van der Waals surface area contributed by atoms with Gasteiger partial charge in [-0.3, -0.25) is 9.59 Å². The summed E-state index contributed by atoms with van der Waals surface area (Å²) in [6.07, 6.45) is 4.55. The maximum atomic E-state index is 14.1. The topological polar surface area (TPSA) is 90.5 Å². The summed E-state index contributed by atoms with van der Waals surface area (Å²) in [7, 11) is 0. The van der Waals surface area contributed by atoms with Crippen LogP contribution in [0, 0.1) is 11.6 Å². The van der Waals surface area contributed by atoms with Gasteiger partial charge in [0.25, 0.3) is 0 Å². The van der Waals surface area contributed by atoms with Gasteiger partial charge in [-0.15, -0.1) is 0 Å². The van der Waals surface area contributed by atoms with Crippen molar-refractivity contribution in [2.24, 2.45) is 0 Å². The summed E-state index contributed by atoms with van der Waals surface area (Å²) in [6.45, 7) is 8.33. The van der Waals surface area contributed by atoms with Gasteiger partial charge in [-0.2, -0.15) is 0 Å². The molecule has 0 aliphatic heterocycles. The van der Waals surface area contributed by atoms with Gasteiger partial charge in [0.15, 0.2) is 0 Å². The number of nitrogens with one attached hydrogen (secondary N) is 3. The molecule has 0 spiro atoms. The normalized spacial score (nSPS) is 22.8. The van der Waals surface area contributed by atoms with E-state index >= 15 is 0 Å². The Balaban J connectivity index is 1.57. The van der Waals surface area contributed by atoms with E-state index in [2.05, 4.69) is 61.0 Å². The van der Waals surface area contributed by atoms with Gasteiger partial charge in [-0.25, -0.2) is 8.78 Å². The summed E-state index contributed by atoms with van der Waals surface area (Å²) in [5.74, 6) is -2.40. The molecule has 4 N–H and O–H groups in total. The van der Waals surface area contributed by atoms with E-state index in [1.807, 2.05) is 0 Å². The van der Waals surface area contributed by atoms with Crippen LogP contribution < -0.4 is 16.0 Å². The molecule has 2 aromatic carbocycles. The molecule has 4 rings (SSSR count). The van der Waals surface area contributed by atoms with Crippen LogP contribution in [0.4, 0.5) is 8.78 Å². The number of aliphatic hydroxyl groups excluding tert-OH is 1. The average molecular weight is 556 g/mol. The lowest BCUT2D eigenvalue weighted by atomic mass is 9.74. The van der Waals surface area contributed by atoms with Crippen molar-refractivity contribution in [3.8, 4) is 0 Å². The van der Waals surface area contributed by atoms with Gasteiger partial charge in [0.2, 0.25) is 11.8 Å². The molecule has 0 aromatic heterocycles. The maximum Gasteiger partial charge on any atom is 0.222 e. The highest BCUT2D eigenvalue weighted by atomic mass is 19.1. The Morgan fingerprint density at radius 1 is 1.05 bits per heavy atom. The van der Waals surface area contributed by atoms with E-state index in [0.717, 1.165) is 38.2 Å². The molecule has 6 nitrogen and oxygen atoms in total. The molecule has 2 saturated carbocycles. The van der Waals surface area contributed by atoms with Crippen LogP contribution in [0.3, 0.4) is 0 Å². The highest BCUT2D eigenvalue weighted by molar-refractivity contribution is 5.79. The second-order valence-electron chi connectivity index (χ2n) is 12.7. The lowest BCUT2D eigenvalue weighted by Gasteiger charge is -2.41. The fraction of sp³-hybridized carbons (Fsp3) is 0.562. The Hall–Kier alpha value is -2.84. The summed E-state index contributed by atoms with van der Waals surface area (Å²) in [6, 6.07) is 12.0. The monoisotopic (exact) mass is 555 g/mol. The molecule has 8 heteroatoms. The third kappa shape index (κ3) is 6.89. The minimum Gasteiger partial charge on any atom is -0.389 e. The molecule has 2 aliphatic rings. The van der Waals surface area contributed by atoms with Crippen LogP contribution in [-0.4, -0.2) is 41.7 Å². The van der Waals surface area contributed by atoms with Gasteiger partial charge in [0.05, 0.1) is 11.6 Å². The lowest BCUT2D eigenvalue weighted by molar-refractivity contribution is -0.123. The maximum absolute atomic E-state index is 14.1. The van der Waals surface area contributed by atoms with Gasteiger partial charge in [0, 0.05) is 44.0 Å². The van der Waals surface area contributed by atoms with Gasteiger partial charge in [-0.1, -0.05) is 64.3 Å². The molecular formula is C32H43F2N3O3. The first-order valence-corrected chi connectivity index (χ1v) is 14.4. The number of hydrogen-bond donors (Lipinski definition) is 4. The van der Waals surface area contributed by atoms with Gasteiger partial charge in [0.1, 0.15) is 11.6 Å². The molecule has 3 atom stereocenters. The van der Waals surface area contributed by atoms with Crippen LogP contribution in [0.25, 0.3) is 0 Å². The third-order valence-corrected chi connectivity index (χ3v) is 8.61. The number of aliphatic hydroxyl groups is 1. The molecule has 40 heavy (non-hydrogen) atoms. The van der Waals surface area contributed by atoms with E-state index in [4.69, 9.17) is 0 Å². The molecule has 0 heterocycles. The van der Waals surface area contributed by atoms with Crippen molar-refractivity contribution in [2.45, 2.75) is 101 Å². The molecule has 0 saturated heterocycles. The minimum atomic E-state index is -1.07. The van der Waals surface area contributed by atoms with Crippen molar-refractivity contribution in [3.05, 3.63) is 70.8 Å². The molecule has 2 aromatic rings. The standard InChI is InChI=1S/C32H43F2N3O3/c1-21(38)35-14-11-29(40)37-32(19-27(32)22-15-25(33)18-26(34)16-22)28(39)20-36-31(12-6-5-7-13-31)24-10-8-9-23(17-24)30(2,3)4/h8-10,15-18,27-28,36,39H,5-7,11-14,19-20H2,1-4H3,(H,35,38)(H,37,40)/t27-,28-,32?/m1/s1. The Kier molecular flexibility index (Phi) is 9.00. The number of halogens is 2. The summed E-state index contributed by atoms with van der Waals surface area (Å²) < 4.78 is 28.2. The molecule has 1 unspecified atom stereocenters. The van der Waals surface area contributed by atoms with Crippen LogP contribution in [0.15, 0.2) is 42.5 Å². The third-order valence-electron chi connectivity index (χ3n) is 8.61. The number of rotatable bonds is 10. The number of hydrogen-bond acceptors (Lipinski definition) is 4. The zero-order valence-corrected chi connectivity index (χ0v) is 24.1. The van der Waals surface area contributed by atoms with Crippen LogP contribution in [0.2, 0.25) is 0 Å². The summed E-state index contributed by atoms with van der Waals surface area (Å²) >= 11 is 0. The molecule has 2 fully saturated rings.